The molecule has 0 aromatic carbocycles. The van der Waals surface area contributed by atoms with Crippen molar-refractivity contribution in [3.8, 4) is 0 Å². The topological polar surface area (TPSA) is 85.1 Å². The predicted octanol–water partition coefficient (Wildman–Crippen LogP) is 2.55. The molecule has 1 heterocycles. The van der Waals surface area contributed by atoms with E-state index in [2.05, 4.69) is 23.6 Å². The normalized spacial score (nSPS) is 18.2. The van der Waals surface area contributed by atoms with Crippen molar-refractivity contribution in [2.24, 2.45) is 11.3 Å². The molecular weight excluding hydrogens is 286 g/mol. The molecule has 0 amide bonds. The highest BCUT2D eigenvalue weighted by molar-refractivity contribution is 7.89. The van der Waals surface area contributed by atoms with Gasteiger partial charge in [-0.1, -0.05) is 26.7 Å². The fourth-order valence-electron chi connectivity index (χ4n) is 3.37. The van der Waals surface area contributed by atoms with Crippen molar-refractivity contribution in [2.75, 3.05) is 12.3 Å². The molecule has 1 aromatic heterocycles. The maximum Gasteiger partial charge on any atom is 0.240 e. The summed E-state index contributed by atoms with van der Waals surface area (Å²) >= 11 is 0. The van der Waals surface area contributed by atoms with Gasteiger partial charge in [0.05, 0.1) is 4.90 Å². The van der Waals surface area contributed by atoms with Crippen LogP contribution in [0.15, 0.2) is 23.2 Å². The van der Waals surface area contributed by atoms with Gasteiger partial charge in [-0.2, -0.15) is 0 Å². The summed E-state index contributed by atoms with van der Waals surface area (Å²) in [6.07, 6.45) is 7.07. The van der Waals surface area contributed by atoms with Crippen molar-refractivity contribution in [3.05, 3.63) is 18.3 Å². The van der Waals surface area contributed by atoms with Gasteiger partial charge in [0, 0.05) is 18.8 Å². The van der Waals surface area contributed by atoms with E-state index in [1.807, 2.05) is 0 Å². The third kappa shape index (κ3) is 4.17. The summed E-state index contributed by atoms with van der Waals surface area (Å²) in [5.74, 6) is 0.791. The molecule has 0 aliphatic heterocycles. The predicted molar refractivity (Wildman–Crippen MR) is 84.2 cm³/mol. The minimum Gasteiger partial charge on any atom is -0.384 e. The SMILES string of the molecule is CC(C)CC1(CNS(=O)(=O)c2ccnc(N)c2)CCCC1. The van der Waals surface area contributed by atoms with E-state index in [9.17, 15) is 8.42 Å². The second-order valence-electron chi connectivity index (χ2n) is 6.55. The Hall–Kier alpha value is -1.14. The molecule has 1 aliphatic rings. The Morgan fingerprint density at radius 1 is 1.38 bits per heavy atom. The van der Waals surface area contributed by atoms with E-state index in [4.69, 9.17) is 5.73 Å². The van der Waals surface area contributed by atoms with Gasteiger partial charge in [-0.15, -0.1) is 0 Å². The molecule has 1 aromatic rings. The van der Waals surface area contributed by atoms with Crippen LogP contribution in [0.4, 0.5) is 5.82 Å². The Bertz CT molecular complexity index is 578. The summed E-state index contributed by atoms with van der Waals surface area (Å²) < 4.78 is 27.5. The van der Waals surface area contributed by atoms with Crippen molar-refractivity contribution in [1.29, 1.82) is 0 Å². The van der Waals surface area contributed by atoms with E-state index in [-0.39, 0.29) is 16.1 Å². The first-order valence-electron chi connectivity index (χ1n) is 7.54. The molecule has 1 saturated carbocycles. The lowest BCUT2D eigenvalue weighted by Crippen LogP contribution is -2.36. The molecule has 1 fully saturated rings. The molecule has 3 N–H and O–H groups in total. The van der Waals surface area contributed by atoms with E-state index in [1.165, 1.54) is 31.2 Å². The molecular formula is C15H25N3O2S. The lowest BCUT2D eigenvalue weighted by Gasteiger charge is -2.31. The van der Waals surface area contributed by atoms with Gasteiger partial charge in [-0.05, 0) is 36.7 Å². The van der Waals surface area contributed by atoms with Crippen LogP contribution in [0.5, 0.6) is 0 Å². The lowest BCUT2D eigenvalue weighted by atomic mass is 9.79. The average Bonchev–Trinajstić information content (AvgIpc) is 2.85. The van der Waals surface area contributed by atoms with E-state index in [0.717, 1.165) is 19.3 Å². The first kappa shape index (κ1) is 16.2. The maximum absolute atomic E-state index is 12.4. The number of aromatic nitrogens is 1. The minimum absolute atomic E-state index is 0.111. The number of hydrogen-bond donors (Lipinski definition) is 2. The van der Waals surface area contributed by atoms with Gasteiger partial charge in [0.2, 0.25) is 10.0 Å². The van der Waals surface area contributed by atoms with Crippen LogP contribution in [-0.2, 0) is 10.0 Å². The molecule has 0 spiro atoms. The fraction of sp³-hybridized carbons (Fsp3) is 0.667. The summed E-state index contributed by atoms with van der Waals surface area (Å²) in [4.78, 5) is 4.02. The van der Waals surface area contributed by atoms with Crippen molar-refractivity contribution in [2.45, 2.75) is 50.8 Å². The van der Waals surface area contributed by atoms with E-state index >= 15 is 0 Å². The fourth-order valence-corrected chi connectivity index (χ4v) is 4.55. The number of rotatable bonds is 6. The third-order valence-electron chi connectivity index (χ3n) is 4.21. The molecule has 0 saturated heterocycles. The maximum atomic E-state index is 12.4. The van der Waals surface area contributed by atoms with Crippen LogP contribution in [0.1, 0.15) is 46.0 Å². The lowest BCUT2D eigenvalue weighted by molar-refractivity contribution is 0.236. The van der Waals surface area contributed by atoms with Crippen molar-refractivity contribution >= 4 is 15.8 Å². The van der Waals surface area contributed by atoms with Gasteiger partial charge in [0.25, 0.3) is 0 Å². The highest BCUT2D eigenvalue weighted by atomic mass is 32.2. The van der Waals surface area contributed by atoms with E-state index < -0.39 is 10.0 Å². The van der Waals surface area contributed by atoms with Crippen LogP contribution in [0.3, 0.4) is 0 Å². The second kappa shape index (κ2) is 6.32. The van der Waals surface area contributed by atoms with E-state index in [0.29, 0.717) is 12.5 Å². The standard InChI is InChI=1S/C15H25N3O2S/c1-12(2)10-15(6-3-4-7-15)11-18-21(19,20)13-5-8-17-14(16)9-13/h5,8-9,12,18H,3-4,6-7,10-11H2,1-2H3,(H2,16,17). The van der Waals surface area contributed by atoms with Crippen LogP contribution in [0.25, 0.3) is 0 Å². The highest BCUT2D eigenvalue weighted by Gasteiger charge is 2.35. The number of pyridine rings is 1. The van der Waals surface area contributed by atoms with Gasteiger partial charge < -0.3 is 5.73 Å². The summed E-state index contributed by atoms with van der Waals surface area (Å²) in [5.41, 5.74) is 5.67. The zero-order chi connectivity index (χ0) is 15.5. The van der Waals surface area contributed by atoms with Crippen LogP contribution < -0.4 is 10.5 Å². The number of anilines is 1. The number of nitrogens with zero attached hydrogens (tertiary/aromatic N) is 1. The van der Waals surface area contributed by atoms with Gasteiger partial charge in [0.15, 0.2) is 0 Å². The Kier molecular flexibility index (Phi) is 4.88. The quantitative estimate of drug-likeness (QED) is 0.845. The monoisotopic (exact) mass is 311 g/mol. The molecule has 21 heavy (non-hydrogen) atoms. The summed E-state index contributed by atoms with van der Waals surface area (Å²) in [6, 6.07) is 2.87. The van der Waals surface area contributed by atoms with Crippen LogP contribution in [0, 0.1) is 11.3 Å². The van der Waals surface area contributed by atoms with Crippen molar-refractivity contribution in [1.82, 2.24) is 9.71 Å². The molecule has 0 atom stereocenters. The van der Waals surface area contributed by atoms with Crippen LogP contribution in [0.2, 0.25) is 0 Å². The number of sulfonamides is 1. The van der Waals surface area contributed by atoms with Crippen LogP contribution >= 0.6 is 0 Å². The number of nitrogen functional groups attached to an aromatic ring is 1. The second-order valence-corrected chi connectivity index (χ2v) is 8.31. The molecule has 118 valence electrons. The molecule has 5 nitrogen and oxygen atoms in total. The van der Waals surface area contributed by atoms with Gasteiger partial charge in [-0.3, -0.25) is 0 Å². The van der Waals surface area contributed by atoms with Gasteiger partial charge in [0.1, 0.15) is 5.82 Å². The Morgan fingerprint density at radius 3 is 2.62 bits per heavy atom. The summed E-state index contributed by atoms with van der Waals surface area (Å²) in [7, 11) is -3.51. The molecule has 1 aliphatic carbocycles. The van der Waals surface area contributed by atoms with Crippen molar-refractivity contribution < 1.29 is 8.42 Å². The zero-order valence-corrected chi connectivity index (χ0v) is 13.6. The first-order chi connectivity index (χ1) is 9.83. The Balaban J connectivity index is 2.10. The van der Waals surface area contributed by atoms with E-state index in [1.54, 1.807) is 0 Å². The molecule has 2 rings (SSSR count). The number of hydrogen-bond acceptors (Lipinski definition) is 4. The largest absolute Gasteiger partial charge is 0.384 e. The highest BCUT2D eigenvalue weighted by Crippen LogP contribution is 2.42. The summed E-state index contributed by atoms with van der Waals surface area (Å²) in [5, 5.41) is 0. The molecule has 0 bridgehead atoms. The molecule has 6 heteroatoms. The summed E-state index contributed by atoms with van der Waals surface area (Å²) in [6.45, 7) is 4.89. The zero-order valence-electron chi connectivity index (χ0n) is 12.8. The Morgan fingerprint density at radius 2 is 2.05 bits per heavy atom. The molecule has 0 radical (unpaired) electrons. The van der Waals surface area contributed by atoms with Gasteiger partial charge >= 0.3 is 0 Å². The minimum atomic E-state index is -3.51. The van der Waals surface area contributed by atoms with Crippen LogP contribution in [-0.4, -0.2) is 19.9 Å². The Labute approximate surface area is 127 Å². The third-order valence-corrected chi connectivity index (χ3v) is 5.60. The first-order valence-corrected chi connectivity index (χ1v) is 9.03. The van der Waals surface area contributed by atoms with Gasteiger partial charge in [-0.25, -0.2) is 18.1 Å². The average molecular weight is 311 g/mol. The smallest absolute Gasteiger partial charge is 0.240 e. The number of nitrogens with one attached hydrogen (secondary N) is 1. The van der Waals surface area contributed by atoms with Crippen molar-refractivity contribution in [3.63, 3.8) is 0 Å². The molecule has 0 unspecified atom stereocenters. The number of nitrogens with two attached hydrogens (primary N) is 1.